The molecule has 4 atom stereocenters. The number of rotatable bonds is 2. The Morgan fingerprint density at radius 3 is 2.07 bits per heavy atom. The van der Waals surface area contributed by atoms with E-state index in [1.807, 2.05) is 13.0 Å². The molecule has 0 radical (unpaired) electrons. The predicted octanol–water partition coefficient (Wildman–Crippen LogP) is 2.73. The molecule has 0 unspecified atom stereocenters. The minimum atomic E-state index is -0.763. The lowest BCUT2D eigenvalue weighted by Crippen LogP contribution is -2.43. The van der Waals surface area contributed by atoms with E-state index in [2.05, 4.69) is 5.32 Å². The van der Waals surface area contributed by atoms with Crippen LogP contribution >= 0.6 is 0 Å². The van der Waals surface area contributed by atoms with Crippen molar-refractivity contribution in [3.05, 3.63) is 59.3 Å². The summed E-state index contributed by atoms with van der Waals surface area (Å²) in [5.41, 5.74) is 2.13. The van der Waals surface area contributed by atoms with Gasteiger partial charge in [0.25, 0.3) is 5.91 Å². The molecule has 0 aliphatic heterocycles. The first-order valence-corrected chi connectivity index (χ1v) is 10.1. The van der Waals surface area contributed by atoms with Crippen LogP contribution in [0.1, 0.15) is 47.5 Å². The fraction of sp³-hybridized carbons (Fsp3) is 0.458. The van der Waals surface area contributed by atoms with Crippen LogP contribution in [-0.4, -0.2) is 45.9 Å². The van der Waals surface area contributed by atoms with Crippen LogP contribution < -0.4 is 5.32 Å². The first-order chi connectivity index (χ1) is 14.0. The molecule has 1 amide bonds. The number of carbonyl (C=O) groups excluding carboxylic acids is 3. The van der Waals surface area contributed by atoms with Crippen molar-refractivity contribution in [3.63, 3.8) is 0 Å². The van der Waals surface area contributed by atoms with Crippen molar-refractivity contribution in [3.8, 4) is 0 Å². The molecule has 0 aromatic carbocycles. The molecule has 0 saturated carbocycles. The summed E-state index contributed by atoms with van der Waals surface area (Å²) in [6.45, 7) is 8.21. The van der Waals surface area contributed by atoms with Crippen LogP contribution in [0.5, 0.6) is 0 Å². The largest absolute Gasteiger partial charge is 0.389 e. The van der Waals surface area contributed by atoms with Gasteiger partial charge >= 0.3 is 0 Å². The predicted molar refractivity (Wildman–Crippen MR) is 118 cm³/mol. The van der Waals surface area contributed by atoms with Crippen molar-refractivity contribution in [2.24, 2.45) is 5.92 Å². The molecule has 3 N–H and O–H groups in total. The zero-order valence-corrected chi connectivity index (χ0v) is 18.4. The third-order valence-electron chi connectivity index (χ3n) is 4.91. The van der Waals surface area contributed by atoms with Gasteiger partial charge in [-0.3, -0.25) is 14.4 Å². The van der Waals surface area contributed by atoms with Gasteiger partial charge < -0.3 is 15.5 Å². The molecular formula is C24H33NO5. The topological polar surface area (TPSA) is 104 Å². The van der Waals surface area contributed by atoms with Crippen LogP contribution in [-0.2, 0) is 14.4 Å². The Balaban J connectivity index is 3.31. The molecule has 0 aromatic heterocycles. The molecule has 0 spiro atoms. The number of nitrogens with one attached hydrogen (secondary N) is 1. The number of Topliss-reactive ketones (excluding diaryl/α,β-unsaturated/α-hetero) is 2. The van der Waals surface area contributed by atoms with Gasteiger partial charge in [0.15, 0.2) is 5.78 Å². The van der Waals surface area contributed by atoms with E-state index in [0.717, 1.165) is 11.1 Å². The smallest absolute Gasteiger partial charge is 0.287 e. The van der Waals surface area contributed by atoms with Gasteiger partial charge in [0.1, 0.15) is 0 Å². The molecule has 164 valence electrons. The zero-order chi connectivity index (χ0) is 22.8. The molecule has 0 heterocycles. The average Bonchev–Trinajstić information content (AvgIpc) is 2.70. The standard InChI is InChI=1S/C24H33NO5/c1-15-6-10-20(27)12-8-16(2)14-22(25-24(30)19(5)26)18(4)23(29)17(3)9-13-21(28)11-7-15/h6-9,11-12,14,18,20-22,27-28H,10,13H2,1-5H3,(H,25,30)/b11-7+,12-8+,15-6+,16-14+,17-9+/t18-,20+,21-,22-/m1/s1. The number of ketones is 2. The highest BCUT2D eigenvalue weighted by atomic mass is 16.3. The van der Waals surface area contributed by atoms with Gasteiger partial charge in [-0.2, -0.15) is 0 Å². The quantitative estimate of drug-likeness (QED) is 0.602. The number of hydrogen-bond donors (Lipinski definition) is 3. The van der Waals surface area contributed by atoms with Crippen molar-refractivity contribution in [1.29, 1.82) is 0 Å². The summed E-state index contributed by atoms with van der Waals surface area (Å²) in [7, 11) is 0. The number of carbonyl (C=O) groups is 3. The third-order valence-corrected chi connectivity index (χ3v) is 4.91. The first-order valence-electron chi connectivity index (χ1n) is 10.1. The normalized spacial score (nSPS) is 34.2. The van der Waals surface area contributed by atoms with Crippen molar-refractivity contribution >= 4 is 17.5 Å². The second-order valence-corrected chi connectivity index (χ2v) is 7.78. The van der Waals surface area contributed by atoms with Gasteiger partial charge in [0.2, 0.25) is 5.78 Å². The molecule has 0 saturated heterocycles. The van der Waals surface area contributed by atoms with E-state index in [9.17, 15) is 24.6 Å². The second kappa shape index (κ2) is 12.2. The van der Waals surface area contributed by atoms with E-state index < -0.39 is 35.9 Å². The fourth-order valence-corrected chi connectivity index (χ4v) is 2.88. The van der Waals surface area contributed by atoms with Gasteiger partial charge in [-0.25, -0.2) is 0 Å². The highest BCUT2D eigenvalue weighted by Crippen LogP contribution is 2.16. The second-order valence-electron chi connectivity index (χ2n) is 7.78. The lowest BCUT2D eigenvalue weighted by molar-refractivity contribution is -0.137. The Hall–Kier alpha value is -2.57. The molecule has 0 bridgehead atoms. The SMILES string of the molecule is CC(=O)C(=O)N[C@@H]1/C=C(C)/C=C/[C@@H](O)C/C=C(C)/C=C/[C@@H](O)C/C=C(\C)C(=O)[C@@H]1C. The number of aliphatic hydroxyl groups excluding tert-OH is 2. The van der Waals surface area contributed by atoms with E-state index in [-0.39, 0.29) is 12.2 Å². The van der Waals surface area contributed by atoms with E-state index in [1.165, 1.54) is 6.92 Å². The molecule has 30 heavy (non-hydrogen) atoms. The maximum atomic E-state index is 12.9. The van der Waals surface area contributed by atoms with Crippen LogP contribution in [0.3, 0.4) is 0 Å². The van der Waals surface area contributed by atoms with Crippen LogP contribution in [0.2, 0.25) is 0 Å². The Morgan fingerprint density at radius 1 is 0.967 bits per heavy atom. The first kappa shape index (κ1) is 25.5. The Bertz CT molecular complexity index is 800. The van der Waals surface area contributed by atoms with Crippen molar-refractivity contribution < 1.29 is 24.6 Å². The molecule has 6 heteroatoms. The fourth-order valence-electron chi connectivity index (χ4n) is 2.88. The Morgan fingerprint density at radius 2 is 1.50 bits per heavy atom. The lowest BCUT2D eigenvalue weighted by Gasteiger charge is -2.22. The van der Waals surface area contributed by atoms with Crippen LogP contribution in [0.4, 0.5) is 0 Å². The summed E-state index contributed by atoms with van der Waals surface area (Å²) in [5, 5.41) is 22.9. The van der Waals surface area contributed by atoms with Gasteiger partial charge in [-0.15, -0.1) is 0 Å². The number of hydrogen-bond acceptors (Lipinski definition) is 5. The van der Waals surface area contributed by atoms with Gasteiger partial charge in [-0.05, 0) is 39.2 Å². The van der Waals surface area contributed by atoms with Crippen LogP contribution in [0.25, 0.3) is 0 Å². The molecule has 0 aromatic rings. The van der Waals surface area contributed by atoms with E-state index >= 15 is 0 Å². The zero-order valence-electron chi connectivity index (χ0n) is 18.4. The van der Waals surface area contributed by atoms with Gasteiger partial charge in [0, 0.05) is 12.8 Å². The number of amides is 1. The molecule has 1 rings (SSSR count). The number of allylic oxidation sites excluding steroid dienone is 5. The molecule has 0 fully saturated rings. The summed E-state index contributed by atoms with van der Waals surface area (Å²) < 4.78 is 0. The maximum Gasteiger partial charge on any atom is 0.287 e. The van der Waals surface area contributed by atoms with Crippen LogP contribution in [0.15, 0.2) is 59.3 Å². The molecular weight excluding hydrogens is 382 g/mol. The minimum Gasteiger partial charge on any atom is -0.389 e. The lowest BCUT2D eigenvalue weighted by atomic mass is 9.90. The van der Waals surface area contributed by atoms with Crippen molar-refractivity contribution in [2.45, 2.75) is 65.7 Å². The maximum absolute atomic E-state index is 12.9. The molecule has 1 aliphatic carbocycles. The highest BCUT2D eigenvalue weighted by molar-refractivity contribution is 6.35. The average molecular weight is 416 g/mol. The Labute approximate surface area is 178 Å². The number of aliphatic hydroxyl groups is 2. The van der Waals surface area contributed by atoms with Crippen molar-refractivity contribution in [1.82, 2.24) is 5.32 Å². The summed E-state index contributed by atoms with van der Waals surface area (Å²) in [6.07, 6.45) is 11.3. The summed E-state index contributed by atoms with van der Waals surface area (Å²) >= 11 is 0. The monoisotopic (exact) mass is 415 g/mol. The summed E-state index contributed by atoms with van der Waals surface area (Å²) in [4.78, 5) is 36.2. The van der Waals surface area contributed by atoms with E-state index in [1.54, 1.807) is 57.2 Å². The minimum absolute atomic E-state index is 0.187. The van der Waals surface area contributed by atoms with Crippen molar-refractivity contribution in [2.75, 3.05) is 0 Å². The van der Waals surface area contributed by atoms with Gasteiger partial charge in [-0.1, -0.05) is 60.6 Å². The summed E-state index contributed by atoms with van der Waals surface area (Å²) in [6, 6.07) is -0.693. The van der Waals surface area contributed by atoms with E-state index in [0.29, 0.717) is 12.0 Å². The molecule has 6 nitrogen and oxygen atoms in total. The molecule has 1 aliphatic rings. The highest BCUT2D eigenvalue weighted by Gasteiger charge is 2.26. The van der Waals surface area contributed by atoms with Gasteiger partial charge in [0.05, 0.1) is 18.2 Å². The third kappa shape index (κ3) is 8.84. The van der Waals surface area contributed by atoms with Crippen LogP contribution in [0, 0.1) is 5.92 Å². The Kier molecular flexibility index (Phi) is 10.4. The summed E-state index contributed by atoms with van der Waals surface area (Å²) in [5.74, 6) is -2.21. The van der Waals surface area contributed by atoms with E-state index in [4.69, 9.17) is 0 Å².